The molecule has 0 aromatic rings. The van der Waals surface area contributed by atoms with Gasteiger partial charge >= 0.3 is 5.97 Å². The van der Waals surface area contributed by atoms with Gasteiger partial charge in [-0.2, -0.15) is 0 Å². The number of Topliss-reactive ketones (excluding diaryl/α,β-unsaturated/α-hetero) is 1. The minimum atomic E-state index is -0.835. The van der Waals surface area contributed by atoms with E-state index >= 15 is 0 Å². The lowest BCUT2D eigenvalue weighted by Crippen LogP contribution is -2.29. The highest BCUT2D eigenvalue weighted by atomic mass is 16.4. The van der Waals surface area contributed by atoms with Crippen LogP contribution in [0.15, 0.2) is 0 Å². The van der Waals surface area contributed by atoms with E-state index in [1.165, 1.54) is 6.92 Å². The van der Waals surface area contributed by atoms with Crippen LogP contribution in [0.5, 0.6) is 0 Å². The highest BCUT2D eigenvalue weighted by Crippen LogP contribution is 2.25. The Morgan fingerprint density at radius 1 is 1.20 bits per heavy atom. The highest BCUT2D eigenvalue weighted by molar-refractivity contribution is 5.84. The third kappa shape index (κ3) is 4.96. The van der Waals surface area contributed by atoms with E-state index in [1.807, 2.05) is 20.8 Å². The molecule has 0 amide bonds. The molecule has 15 heavy (non-hydrogen) atoms. The SMILES string of the molecule is CCC[C@H](C(=O)O)[C@@H](CC(C)C)C(C)=O. The summed E-state index contributed by atoms with van der Waals surface area (Å²) in [5.41, 5.74) is 0. The molecule has 0 aliphatic rings. The Kier molecular flexibility index (Phi) is 6.21. The number of aliphatic carboxylic acids is 1. The Balaban J connectivity index is 4.67. The van der Waals surface area contributed by atoms with E-state index in [0.717, 1.165) is 6.42 Å². The maximum absolute atomic E-state index is 11.4. The Hall–Kier alpha value is -0.860. The molecule has 2 atom stereocenters. The number of hydrogen-bond acceptors (Lipinski definition) is 2. The Labute approximate surface area is 91.9 Å². The summed E-state index contributed by atoms with van der Waals surface area (Å²) in [6.07, 6.45) is 2.07. The molecular formula is C12H22O3. The molecule has 0 saturated heterocycles. The lowest BCUT2D eigenvalue weighted by atomic mass is 9.80. The first-order valence-electron chi connectivity index (χ1n) is 5.63. The van der Waals surface area contributed by atoms with Gasteiger partial charge in [-0.05, 0) is 25.7 Å². The van der Waals surface area contributed by atoms with Crippen molar-refractivity contribution in [2.24, 2.45) is 17.8 Å². The first kappa shape index (κ1) is 14.1. The molecule has 0 heterocycles. The molecule has 88 valence electrons. The van der Waals surface area contributed by atoms with Crippen LogP contribution in [0, 0.1) is 17.8 Å². The first-order chi connectivity index (χ1) is 6.90. The molecule has 0 aromatic heterocycles. The number of carbonyl (C=O) groups is 2. The van der Waals surface area contributed by atoms with E-state index in [9.17, 15) is 9.59 Å². The number of ketones is 1. The fraction of sp³-hybridized carbons (Fsp3) is 0.833. The summed E-state index contributed by atoms with van der Waals surface area (Å²) in [5.74, 6) is -1.29. The van der Waals surface area contributed by atoms with Crippen LogP contribution in [-0.2, 0) is 9.59 Å². The van der Waals surface area contributed by atoms with Crippen LogP contribution in [0.25, 0.3) is 0 Å². The van der Waals surface area contributed by atoms with Crippen molar-refractivity contribution in [1.82, 2.24) is 0 Å². The highest BCUT2D eigenvalue weighted by Gasteiger charge is 2.30. The maximum atomic E-state index is 11.4. The monoisotopic (exact) mass is 214 g/mol. The van der Waals surface area contributed by atoms with Crippen molar-refractivity contribution in [1.29, 1.82) is 0 Å². The quantitative estimate of drug-likeness (QED) is 0.709. The van der Waals surface area contributed by atoms with Crippen LogP contribution in [0.4, 0.5) is 0 Å². The van der Waals surface area contributed by atoms with Gasteiger partial charge < -0.3 is 5.11 Å². The number of hydrogen-bond donors (Lipinski definition) is 1. The minimum absolute atomic E-state index is 0.00421. The average molecular weight is 214 g/mol. The van der Waals surface area contributed by atoms with E-state index in [-0.39, 0.29) is 11.7 Å². The zero-order valence-corrected chi connectivity index (χ0v) is 10.1. The van der Waals surface area contributed by atoms with Crippen LogP contribution in [0.3, 0.4) is 0 Å². The zero-order chi connectivity index (χ0) is 12.0. The lowest BCUT2D eigenvalue weighted by Gasteiger charge is -2.22. The third-order valence-electron chi connectivity index (χ3n) is 2.65. The van der Waals surface area contributed by atoms with Crippen molar-refractivity contribution in [3.63, 3.8) is 0 Å². The molecular weight excluding hydrogens is 192 g/mol. The van der Waals surface area contributed by atoms with Gasteiger partial charge in [0.15, 0.2) is 0 Å². The summed E-state index contributed by atoms with van der Waals surface area (Å²) >= 11 is 0. The van der Waals surface area contributed by atoms with Gasteiger partial charge in [0.25, 0.3) is 0 Å². The molecule has 0 rings (SSSR count). The second-order valence-corrected chi connectivity index (χ2v) is 4.58. The molecule has 0 aliphatic heterocycles. The number of carboxylic acid groups (broad SMARTS) is 1. The molecule has 1 N–H and O–H groups in total. The summed E-state index contributed by atoms with van der Waals surface area (Å²) < 4.78 is 0. The molecule has 3 nitrogen and oxygen atoms in total. The largest absolute Gasteiger partial charge is 0.481 e. The van der Waals surface area contributed by atoms with Crippen molar-refractivity contribution >= 4 is 11.8 Å². The predicted octanol–water partition coefficient (Wildman–Crippen LogP) is 2.74. The topological polar surface area (TPSA) is 54.4 Å². The predicted molar refractivity (Wildman–Crippen MR) is 59.7 cm³/mol. The first-order valence-corrected chi connectivity index (χ1v) is 5.63. The Morgan fingerprint density at radius 2 is 1.73 bits per heavy atom. The Bertz CT molecular complexity index is 221. The molecule has 0 fully saturated rings. The number of rotatable bonds is 7. The van der Waals surface area contributed by atoms with Gasteiger partial charge in [0.05, 0.1) is 5.92 Å². The number of carbonyl (C=O) groups excluding carboxylic acids is 1. The van der Waals surface area contributed by atoms with E-state index in [2.05, 4.69) is 0 Å². The van der Waals surface area contributed by atoms with Crippen molar-refractivity contribution in [3.8, 4) is 0 Å². The van der Waals surface area contributed by atoms with Gasteiger partial charge in [-0.25, -0.2) is 0 Å². The minimum Gasteiger partial charge on any atom is -0.481 e. The van der Waals surface area contributed by atoms with Crippen LogP contribution in [0.1, 0.15) is 47.0 Å². The average Bonchev–Trinajstić information content (AvgIpc) is 2.09. The zero-order valence-electron chi connectivity index (χ0n) is 10.1. The fourth-order valence-corrected chi connectivity index (χ4v) is 1.93. The standard InChI is InChI=1S/C12H22O3/c1-5-6-10(12(14)15)11(9(4)13)7-8(2)3/h8,10-11H,5-7H2,1-4H3,(H,14,15)/t10-,11-/m0/s1. The fourth-order valence-electron chi connectivity index (χ4n) is 1.93. The molecule has 0 aromatic carbocycles. The molecule has 0 radical (unpaired) electrons. The number of carboxylic acids is 1. The second-order valence-electron chi connectivity index (χ2n) is 4.58. The second kappa shape index (κ2) is 6.59. The van der Waals surface area contributed by atoms with Crippen LogP contribution < -0.4 is 0 Å². The van der Waals surface area contributed by atoms with Crippen molar-refractivity contribution in [2.75, 3.05) is 0 Å². The van der Waals surface area contributed by atoms with E-state index in [4.69, 9.17) is 5.11 Å². The summed E-state index contributed by atoms with van der Waals surface area (Å²) in [7, 11) is 0. The van der Waals surface area contributed by atoms with E-state index in [0.29, 0.717) is 18.8 Å². The normalized spacial score (nSPS) is 15.0. The smallest absolute Gasteiger partial charge is 0.307 e. The summed E-state index contributed by atoms with van der Waals surface area (Å²) in [6, 6.07) is 0. The van der Waals surface area contributed by atoms with Gasteiger partial charge in [0, 0.05) is 5.92 Å². The van der Waals surface area contributed by atoms with Gasteiger partial charge in [0.1, 0.15) is 5.78 Å². The third-order valence-corrected chi connectivity index (χ3v) is 2.65. The molecule has 0 bridgehead atoms. The molecule has 3 heteroatoms. The van der Waals surface area contributed by atoms with Crippen molar-refractivity contribution in [2.45, 2.75) is 47.0 Å². The maximum Gasteiger partial charge on any atom is 0.307 e. The van der Waals surface area contributed by atoms with Crippen LogP contribution in [-0.4, -0.2) is 16.9 Å². The van der Waals surface area contributed by atoms with Gasteiger partial charge in [0.2, 0.25) is 0 Å². The van der Waals surface area contributed by atoms with Gasteiger partial charge in [-0.3, -0.25) is 9.59 Å². The van der Waals surface area contributed by atoms with E-state index < -0.39 is 11.9 Å². The van der Waals surface area contributed by atoms with Crippen LogP contribution in [0.2, 0.25) is 0 Å². The molecule has 0 saturated carbocycles. The summed E-state index contributed by atoms with van der Waals surface area (Å²) in [5, 5.41) is 9.08. The van der Waals surface area contributed by atoms with Crippen molar-refractivity contribution in [3.05, 3.63) is 0 Å². The summed E-state index contributed by atoms with van der Waals surface area (Å²) in [6.45, 7) is 7.47. The molecule has 0 aliphatic carbocycles. The van der Waals surface area contributed by atoms with E-state index in [1.54, 1.807) is 0 Å². The van der Waals surface area contributed by atoms with Gasteiger partial charge in [-0.1, -0.05) is 27.2 Å². The van der Waals surface area contributed by atoms with Gasteiger partial charge in [-0.15, -0.1) is 0 Å². The Morgan fingerprint density at radius 3 is 2.00 bits per heavy atom. The summed E-state index contributed by atoms with van der Waals surface area (Å²) in [4.78, 5) is 22.5. The van der Waals surface area contributed by atoms with Crippen molar-refractivity contribution < 1.29 is 14.7 Å². The molecule has 0 spiro atoms. The molecule has 0 unspecified atom stereocenters. The van der Waals surface area contributed by atoms with Crippen LogP contribution >= 0.6 is 0 Å². The lowest BCUT2D eigenvalue weighted by molar-refractivity contribution is -0.147.